The van der Waals surface area contributed by atoms with E-state index in [-0.39, 0.29) is 30.0 Å². The lowest BCUT2D eigenvalue weighted by molar-refractivity contribution is 0.0924. The van der Waals surface area contributed by atoms with Gasteiger partial charge in [-0.05, 0) is 48.9 Å². The SMILES string of the molecule is C[C@@H](COc1ccc2[nH]c(=O)[nH]c2c1)NC(=O)c1cccn(Cc2cc(F)c(F)c(F)c2)c1=O. The Bertz CT molecular complexity index is 1470. The van der Waals surface area contributed by atoms with Crippen molar-refractivity contribution in [2.45, 2.75) is 19.5 Å². The van der Waals surface area contributed by atoms with Gasteiger partial charge in [-0.1, -0.05) is 0 Å². The summed E-state index contributed by atoms with van der Waals surface area (Å²) in [5.74, 6) is -4.51. The molecule has 3 N–H and O–H groups in total. The maximum Gasteiger partial charge on any atom is 0.323 e. The number of halogens is 3. The molecule has 4 aromatic rings. The third kappa shape index (κ3) is 4.87. The molecule has 0 bridgehead atoms. The molecule has 1 amide bonds. The number of carbonyl (C=O) groups is 1. The predicted octanol–water partition coefficient (Wildman–Crippen LogP) is 2.68. The third-order valence-electron chi connectivity index (χ3n) is 5.03. The van der Waals surface area contributed by atoms with Gasteiger partial charge in [0.2, 0.25) is 0 Å². The summed E-state index contributed by atoms with van der Waals surface area (Å²) < 4.78 is 46.9. The summed E-state index contributed by atoms with van der Waals surface area (Å²) in [6.07, 6.45) is 1.35. The maximum atomic E-state index is 13.5. The molecule has 0 saturated heterocycles. The van der Waals surface area contributed by atoms with Crippen LogP contribution in [0.1, 0.15) is 22.8 Å². The van der Waals surface area contributed by atoms with Gasteiger partial charge in [0.25, 0.3) is 11.5 Å². The van der Waals surface area contributed by atoms with E-state index in [0.29, 0.717) is 16.8 Å². The standard InChI is InChI=1S/C23H19F3N4O4/c1-12(11-34-14-4-5-18-19(9-14)29-23(33)28-18)27-21(31)15-3-2-6-30(22(15)32)10-13-7-16(24)20(26)17(25)8-13/h2-9,12H,10-11H2,1H3,(H,27,31)(H2,28,29,33)/t12-/m0/s1. The highest BCUT2D eigenvalue weighted by atomic mass is 19.2. The number of benzene rings is 2. The molecule has 2 heterocycles. The fraction of sp³-hybridized carbons (Fsp3) is 0.174. The van der Waals surface area contributed by atoms with E-state index >= 15 is 0 Å². The van der Waals surface area contributed by atoms with Crippen molar-refractivity contribution in [2.24, 2.45) is 0 Å². The van der Waals surface area contributed by atoms with Crippen molar-refractivity contribution in [2.75, 3.05) is 6.61 Å². The van der Waals surface area contributed by atoms with Crippen molar-refractivity contribution < 1.29 is 22.7 Å². The molecule has 0 aliphatic carbocycles. The van der Waals surface area contributed by atoms with E-state index in [1.807, 2.05) is 0 Å². The second-order valence-electron chi connectivity index (χ2n) is 7.70. The van der Waals surface area contributed by atoms with E-state index in [9.17, 15) is 27.6 Å². The van der Waals surface area contributed by atoms with Gasteiger partial charge >= 0.3 is 5.69 Å². The Morgan fingerprint density at radius 3 is 2.50 bits per heavy atom. The number of carbonyl (C=O) groups excluding carboxylic acids is 1. The van der Waals surface area contributed by atoms with Crippen LogP contribution in [0.3, 0.4) is 0 Å². The highest BCUT2D eigenvalue weighted by molar-refractivity contribution is 5.94. The number of pyridine rings is 1. The molecule has 0 saturated carbocycles. The summed E-state index contributed by atoms with van der Waals surface area (Å²) in [6, 6.07) is 8.84. The number of nitrogens with one attached hydrogen (secondary N) is 3. The lowest BCUT2D eigenvalue weighted by Crippen LogP contribution is -2.40. The number of imidazole rings is 1. The van der Waals surface area contributed by atoms with Gasteiger partial charge in [-0.2, -0.15) is 0 Å². The molecule has 1 atom stereocenters. The van der Waals surface area contributed by atoms with E-state index in [2.05, 4.69) is 15.3 Å². The Balaban J connectivity index is 1.42. The van der Waals surface area contributed by atoms with Crippen LogP contribution in [-0.4, -0.2) is 33.1 Å². The third-order valence-corrected chi connectivity index (χ3v) is 5.03. The number of H-pyrrole nitrogens is 2. The Hall–Kier alpha value is -4.28. The largest absolute Gasteiger partial charge is 0.491 e. The normalized spacial score (nSPS) is 12.0. The minimum Gasteiger partial charge on any atom is -0.491 e. The Kier molecular flexibility index (Phi) is 6.26. The molecule has 0 unspecified atom stereocenters. The van der Waals surface area contributed by atoms with Gasteiger partial charge < -0.3 is 24.6 Å². The number of hydrogen-bond donors (Lipinski definition) is 3. The van der Waals surface area contributed by atoms with Crippen LogP contribution >= 0.6 is 0 Å². The van der Waals surface area contributed by atoms with Gasteiger partial charge in [0.15, 0.2) is 17.5 Å². The van der Waals surface area contributed by atoms with E-state index in [0.717, 1.165) is 16.7 Å². The molecule has 11 heteroatoms. The molecule has 0 aliphatic rings. The lowest BCUT2D eigenvalue weighted by Gasteiger charge is -2.15. The number of fused-ring (bicyclic) bond motifs is 1. The molecular formula is C23H19F3N4O4. The summed E-state index contributed by atoms with van der Waals surface area (Å²) in [6.45, 7) is 1.51. The first-order valence-electron chi connectivity index (χ1n) is 10.2. The molecule has 176 valence electrons. The van der Waals surface area contributed by atoms with E-state index in [1.165, 1.54) is 18.3 Å². The van der Waals surface area contributed by atoms with Crippen LogP contribution in [0.25, 0.3) is 11.0 Å². The molecule has 2 aromatic carbocycles. The van der Waals surface area contributed by atoms with Crippen LogP contribution in [0, 0.1) is 17.5 Å². The van der Waals surface area contributed by atoms with Gasteiger partial charge in [0.05, 0.1) is 23.6 Å². The van der Waals surface area contributed by atoms with Crippen LogP contribution < -0.4 is 21.3 Å². The fourth-order valence-corrected chi connectivity index (χ4v) is 3.40. The first-order valence-corrected chi connectivity index (χ1v) is 10.2. The number of aromatic amines is 2. The quantitative estimate of drug-likeness (QED) is 0.360. The van der Waals surface area contributed by atoms with Gasteiger partial charge in [-0.15, -0.1) is 0 Å². The molecule has 0 radical (unpaired) electrons. The molecule has 8 nitrogen and oxygen atoms in total. The fourth-order valence-electron chi connectivity index (χ4n) is 3.40. The summed E-state index contributed by atoms with van der Waals surface area (Å²) in [7, 11) is 0. The Morgan fingerprint density at radius 2 is 1.76 bits per heavy atom. The number of ether oxygens (including phenoxy) is 1. The predicted molar refractivity (Wildman–Crippen MR) is 117 cm³/mol. The first kappa shape index (κ1) is 22.9. The zero-order chi connectivity index (χ0) is 24.4. The van der Waals surface area contributed by atoms with Gasteiger partial charge in [-0.3, -0.25) is 9.59 Å². The minimum atomic E-state index is -1.60. The van der Waals surface area contributed by atoms with Gasteiger partial charge in [0.1, 0.15) is 17.9 Å². The highest BCUT2D eigenvalue weighted by Crippen LogP contribution is 2.17. The molecule has 0 spiro atoms. The molecule has 2 aromatic heterocycles. The summed E-state index contributed by atoms with van der Waals surface area (Å²) in [4.78, 5) is 41.9. The summed E-state index contributed by atoms with van der Waals surface area (Å²) in [5.41, 5.74) is 0.0357. The molecular weight excluding hydrogens is 453 g/mol. The molecule has 0 aliphatic heterocycles. The summed E-state index contributed by atoms with van der Waals surface area (Å²) in [5, 5.41) is 2.65. The summed E-state index contributed by atoms with van der Waals surface area (Å²) >= 11 is 0. The van der Waals surface area contributed by atoms with E-state index in [4.69, 9.17) is 4.74 Å². The van der Waals surface area contributed by atoms with Crippen molar-refractivity contribution in [3.05, 3.63) is 98.1 Å². The van der Waals surface area contributed by atoms with E-state index < -0.39 is 35.0 Å². The average Bonchev–Trinajstić information content (AvgIpc) is 3.16. The number of rotatable bonds is 7. The zero-order valence-corrected chi connectivity index (χ0v) is 17.8. The number of amides is 1. The number of nitrogens with zero attached hydrogens (tertiary/aromatic N) is 1. The van der Waals surface area contributed by atoms with Crippen molar-refractivity contribution in [1.82, 2.24) is 19.9 Å². The van der Waals surface area contributed by atoms with Gasteiger partial charge in [0, 0.05) is 12.3 Å². The molecule has 34 heavy (non-hydrogen) atoms. The smallest absolute Gasteiger partial charge is 0.323 e. The topological polar surface area (TPSA) is 109 Å². The number of hydrogen-bond acceptors (Lipinski definition) is 4. The Labute approximate surface area is 190 Å². The van der Waals surface area contributed by atoms with Crippen LogP contribution in [0.4, 0.5) is 13.2 Å². The second-order valence-corrected chi connectivity index (χ2v) is 7.70. The van der Waals surface area contributed by atoms with Crippen molar-refractivity contribution in [1.29, 1.82) is 0 Å². The molecule has 0 fully saturated rings. The monoisotopic (exact) mass is 472 g/mol. The maximum absolute atomic E-state index is 13.5. The van der Waals surface area contributed by atoms with E-state index in [1.54, 1.807) is 25.1 Å². The lowest BCUT2D eigenvalue weighted by atomic mass is 10.2. The van der Waals surface area contributed by atoms with Crippen LogP contribution in [0.2, 0.25) is 0 Å². The average molecular weight is 472 g/mol. The second kappa shape index (κ2) is 9.30. The first-order chi connectivity index (χ1) is 16.2. The van der Waals surface area contributed by atoms with Crippen LogP contribution in [-0.2, 0) is 6.54 Å². The van der Waals surface area contributed by atoms with Crippen LogP contribution in [0.15, 0.2) is 58.3 Å². The minimum absolute atomic E-state index is 0.0264. The molecule has 4 rings (SSSR count). The Morgan fingerprint density at radius 1 is 1.06 bits per heavy atom. The van der Waals surface area contributed by atoms with Crippen molar-refractivity contribution in [3.63, 3.8) is 0 Å². The zero-order valence-electron chi connectivity index (χ0n) is 17.8. The van der Waals surface area contributed by atoms with Crippen LogP contribution in [0.5, 0.6) is 5.75 Å². The van der Waals surface area contributed by atoms with Crippen molar-refractivity contribution in [3.8, 4) is 5.75 Å². The van der Waals surface area contributed by atoms with Gasteiger partial charge in [-0.25, -0.2) is 18.0 Å². The van der Waals surface area contributed by atoms with Crippen molar-refractivity contribution >= 4 is 16.9 Å². The highest BCUT2D eigenvalue weighted by Gasteiger charge is 2.16. The number of aromatic nitrogens is 3.